The molecule has 0 aliphatic carbocycles. The highest BCUT2D eigenvalue weighted by Gasteiger charge is 2.30. The molecule has 2 nitrogen and oxygen atoms in total. The van der Waals surface area contributed by atoms with Crippen LogP contribution in [0.2, 0.25) is 0 Å². The first-order valence-corrected chi connectivity index (χ1v) is 7.17. The number of nitrogens with one attached hydrogen (secondary N) is 1. The van der Waals surface area contributed by atoms with E-state index in [2.05, 4.69) is 48.4 Å². The Bertz CT molecular complexity index is 628. The van der Waals surface area contributed by atoms with Crippen molar-refractivity contribution in [1.82, 2.24) is 0 Å². The van der Waals surface area contributed by atoms with Crippen LogP contribution in [0.3, 0.4) is 0 Å². The van der Waals surface area contributed by atoms with E-state index < -0.39 is 0 Å². The second-order valence-corrected chi connectivity index (χ2v) is 5.28. The van der Waals surface area contributed by atoms with Gasteiger partial charge in [-0.2, -0.15) is 0 Å². The minimum Gasteiger partial charge on any atom is -1.00 e. The van der Waals surface area contributed by atoms with E-state index in [0.29, 0.717) is 0 Å². The summed E-state index contributed by atoms with van der Waals surface area (Å²) in [6.07, 6.45) is 4.34. The highest BCUT2D eigenvalue weighted by atomic mass is 35.5. The average Bonchev–Trinajstić information content (AvgIpc) is 2.49. The highest BCUT2D eigenvalue weighted by Crippen LogP contribution is 2.19. The van der Waals surface area contributed by atoms with Gasteiger partial charge in [0.25, 0.3) is 5.11 Å². The summed E-state index contributed by atoms with van der Waals surface area (Å²) in [6.45, 7) is 2.16. The van der Waals surface area contributed by atoms with E-state index in [9.17, 15) is 0 Å². The predicted molar refractivity (Wildman–Crippen MR) is 87.2 cm³/mol. The molecule has 1 N–H and O–H groups in total. The standard InChI is InChI=1S/C17H16N2S.ClH/c1-14-12-13-18(15-8-4-2-5-9-15)17(20)19(14)16-10-6-3-7-11-16;/h2-14H,1H3;1H. The van der Waals surface area contributed by atoms with Gasteiger partial charge in [-0.05, 0) is 37.3 Å². The van der Waals surface area contributed by atoms with Gasteiger partial charge in [-0.25, -0.2) is 4.90 Å². The smallest absolute Gasteiger partial charge is 0.285 e. The second-order valence-electron chi connectivity index (χ2n) is 4.89. The van der Waals surface area contributed by atoms with Crippen LogP contribution in [-0.2, 0) is 0 Å². The van der Waals surface area contributed by atoms with Crippen LogP contribution in [-0.4, -0.2) is 11.2 Å². The van der Waals surface area contributed by atoms with Gasteiger partial charge < -0.3 is 12.4 Å². The number of hydrogen-bond donors (Lipinski definition) is 1. The number of anilines is 1. The Morgan fingerprint density at radius 2 is 1.52 bits per heavy atom. The lowest BCUT2D eigenvalue weighted by Crippen LogP contribution is -3.08. The van der Waals surface area contributed by atoms with Gasteiger partial charge in [0.2, 0.25) is 0 Å². The summed E-state index contributed by atoms with van der Waals surface area (Å²) in [5, 5.41) is 0.886. The third kappa shape index (κ3) is 3.16. The molecule has 0 radical (unpaired) electrons. The Hall–Kier alpha value is -1.68. The second kappa shape index (κ2) is 6.85. The van der Waals surface area contributed by atoms with E-state index in [1.54, 1.807) is 0 Å². The van der Waals surface area contributed by atoms with Gasteiger partial charge in [-0.15, -0.1) is 0 Å². The third-order valence-electron chi connectivity index (χ3n) is 3.52. The van der Waals surface area contributed by atoms with E-state index >= 15 is 0 Å². The molecule has 108 valence electrons. The molecule has 2 aromatic carbocycles. The lowest BCUT2D eigenvalue weighted by molar-refractivity contribution is -0.666. The molecule has 0 aromatic heterocycles. The van der Waals surface area contributed by atoms with Crippen molar-refractivity contribution in [2.75, 3.05) is 4.90 Å². The van der Waals surface area contributed by atoms with Gasteiger partial charge in [0, 0.05) is 17.9 Å². The highest BCUT2D eigenvalue weighted by molar-refractivity contribution is 7.80. The van der Waals surface area contributed by atoms with Crippen molar-refractivity contribution >= 4 is 28.7 Å². The van der Waals surface area contributed by atoms with Crippen LogP contribution < -0.4 is 22.2 Å². The maximum atomic E-state index is 5.73. The Kier molecular flexibility index (Phi) is 5.12. The summed E-state index contributed by atoms with van der Waals surface area (Å²) in [7, 11) is 0. The van der Waals surface area contributed by atoms with Gasteiger partial charge >= 0.3 is 0 Å². The van der Waals surface area contributed by atoms with E-state index in [4.69, 9.17) is 12.2 Å². The summed E-state index contributed by atoms with van der Waals surface area (Å²) in [4.78, 5) is 3.32. The Morgan fingerprint density at radius 1 is 0.952 bits per heavy atom. The zero-order valence-corrected chi connectivity index (χ0v) is 13.3. The minimum atomic E-state index is 0. The maximum absolute atomic E-state index is 5.73. The van der Waals surface area contributed by atoms with Crippen molar-refractivity contribution in [2.45, 2.75) is 13.0 Å². The van der Waals surface area contributed by atoms with Crippen molar-refractivity contribution in [2.24, 2.45) is 0 Å². The molecule has 1 aliphatic heterocycles. The molecule has 21 heavy (non-hydrogen) atoms. The number of thiocarbonyl (C=S) groups is 1. The first-order valence-electron chi connectivity index (χ1n) is 6.76. The number of quaternary nitrogens is 1. The fraction of sp³-hybridized carbons (Fsp3) is 0.118. The molecule has 1 heterocycles. The van der Waals surface area contributed by atoms with Gasteiger partial charge in [-0.1, -0.05) is 36.4 Å². The Morgan fingerprint density at radius 3 is 2.14 bits per heavy atom. The number of halogens is 1. The number of benzene rings is 2. The molecule has 0 spiro atoms. The van der Waals surface area contributed by atoms with Crippen LogP contribution in [0.25, 0.3) is 0 Å². The minimum absolute atomic E-state index is 0. The number of rotatable bonds is 2. The van der Waals surface area contributed by atoms with Crippen LogP contribution in [0, 0.1) is 0 Å². The molecule has 0 saturated carbocycles. The largest absolute Gasteiger partial charge is 1.00 e. The molecule has 2 atom stereocenters. The van der Waals surface area contributed by atoms with E-state index in [-0.39, 0.29) is 18.4 Å². The van der Waals surface area contributed by atoms with E-state index in [1.807, 2.05) is 36.4 Å². The molecule has 0 bridgehead atoms. The summed E-state index contributed by atoms with van der Waals surface area (Å²) in [5.41, 5.74) is 2.31. The fourth-order valence-electron chi connectivity index (χ4n) is 2.49. The topological polar surface area (TPSA) is 7.68 Å². The van der Waals surface area contributed by atoms with Crippen molar-refractivity contribution in [3.63, 3.8) is 0 Å². The van der Waals surface area contributed by atoms with Crippen LogP contribution in [0.15, 0.2) is 72.9 Å². The van der Waals surface area contributed by atoms with E-state index in [1.165, 1.54) is 5.69 Å². The lowest BCUT2D eigenvalue weighted by Gasteiger charge is -2.34. The predicted octanol–water partition coefficient (Wildman–Crippen LogP) is -0.0857. The molecule has 2 aromatic rings. The number of para-hydroxylation sites is 2. The van der Waals surface area contributed by atoms with E-state index in [0.717, 1.165) is 15.7 Å². The molecule has 3 rings (SSSR count). The molecule has 2 unspecified atom stereocenters. The van der Waals surface area contributed by atoms with Crippen molar-refractivity contribution in [1.29, 1.82) is 0 Å². The van der Waals surface area contributed by atoms with Gasteiger partial charge in [-0.3, -0.25) is 4.90 Å². The summed E-state index contributed by atoms with van der Waals surface area (Å²) in [5.74, 6) is 0. The lowest BCUT2D eigenvalue weighted by atomic mass is 10.2. The summed E-state index contributed by atoms with van der Waals surface area (Å²) < 4.78 is 0. The fourth-order valence-corrected chi connectivity index (χ4v) is 2.94. The molecule has 0 fully saturated rings. The summed E-state index contributed by atoms with van der Waals surface area (Å²) >= 11 is 5.73. The molecule has 4 heteroatoms. The van der Waals surface area contributed by atoms with Crippen LogP contribution >= 0.6 is 12.2 Å². The quantitative estimate of drug-likeness (QED) is 0.775. The molecular formula is C17H17ClN2S. The third-order valence-corrected chi connectivity index (χ3v) is 3.93. The summed E-state index contributed by atoms with van der Waals surface area (Å²) in [6, 6.07) is 20.9. The number of hydrogen-bond acceptors (Lipinski definition) is 1. The van der Waals surface area contributed by atoms with Gasteiger partial charge in [0.15, 0.2) is 0 Å². The molecule has 1 aliphatic rings. The Balaban J connectivity index is 0.00000161. The average molecular weight is 317 g/mol. The molecule has 0 amide bonds. The monoisotopic (exact) mass is 316 g/mol. The van der Waals surface area contributed by atoms with Crippen molar-refractivity contribution in [3.05, 3.63) is 72.9 Å². The zero-order chi connectivity index (χ0) is 13.9. The zero-order valence-electron chi connectivity index (χ0n) is 11.7. The van der Waals surface area contributed by atoms with Crippen LogP contribution in [0.1, 0.15) is 6.92 Å². The van der Waals surface area contributed by atoms with Crippen LogP contribution in [0.5, 0.6) is 0 Å². The Labute approximate surface area is 137 Å². The van der Waals surface area contributed by atoms with Gasteiger partial charge in [0.05, 0.1) is 6.04 Å². The number of nitrogens with zero attached hydrogens (tertiary/aromatic N) is 1. The first-order chi connectivity index (χ1) is 9.77. The van der Waals surface area contributed by atoms with Crippen molar-refractivity contribution in [3.8, 4) is 0 Å². The first kappa shape index (κ1) is 15.7. The molecular weight excluding hydrogens is 300 g/mol. The maximum Gasteiger partial charge on any atom is 0.285 e. The van der Waals surface area contributed by atoms with Gasteiger partial charge in [0.1, 0.15) is 11.9 Å². The van der Waals surface area contributed by atoms with Crippen LogP contribution in [0.4, 0.5) is 11.4 Å². The van der Waals surface area contributed by atoms with Crippen molar-refractivity contribution < 1.29 is 17.3 Å². The normalized spacial score (nSPS) is 21.0. The molecule has 0 saturated heterocycles. The SMILES string of the molecule is CC1C=C[NH+](c2ccccc2)C(=S)N1c1ccccc1.[Cl-].